The van der Waals surface area contributed by atoms with Gasteiger partial charge in [-0.1, -0.05) is 60.7 Å². The Morgan fingerprint density at radius 3 is 2.29 bits per heavy atom. The van der Waals surface area contributed by atoms with E-state index in [4.69, 9.17) is 9.40 Å². The molecule has 6 rings (SSSR count). The summed E-state index contributed by atoms with van der Waals surface area (Å²) in [5.41, 5.74) is 3.87. The number of aryl methyl sites for hydroxylation is 1. The molecule has 3 aromatic heterocycles. The lowest BCUT2D eigenvalue weighted by Crippen LogP contribution is -2.29. The summed E-state index contributed by atoms with van der Waals surface area (Å²) in [6.07, 6.45) is 2.00. The lowest BCUT2D eigenvalue weighted by molar-refractivity contribution is 0.0944. The molecule has 0 spiro atoms. The van der Waals surface area contributed by atoms with Crippen molar-refractivity contribution in [3.05, 3.63) is 108 Å². The van der Waals surface area contributed by atoms with Crippen molar-refractivity contribution in [3.63, 3.8) is 0 Å². The zero-order valence-corrected chi connectivity index (χ0v) is 21.6. The number of nitrogens with zero attached hydrogens (tertiary/aromatic N) is 3. The minimum atomic E-state index is -3.15. The summed E-state index contributed by atoms with van der Waals surface area (Å²) < 4.78 is 31.8. The number of hydrogen-bond donors (Lipinski definition) is 1. The molecule has 0 aliphatic carbocycles. The molecule has 1 unspecified atom stereocenters. The number of sulfone groups is 1. The highest BCUT2D eigenvalue weighted by Gasteiger charge is 2.33. The molecule has 1 atom stereocenters. The topological polar surface area (TPSA) is 107 Å². The van der Waals surface area contributed by atoms with Crippen LogP contribution in [0.4, 0.5) is 0 Å². The zero-order valence-electron chi connectivity index (χ0n) is 20.7. The largest absolute Gasteiger partial charge is 0.463 e. The van der Waals surface area contributed by atoms with Gasteiger partial charge in [-0.2, -0.15) is 5.10 Å². The fourth-order valence-corrected chi connectivity index (χ4v) is 6.82. The number of amides is 1. The molecule has 192 valence electrons. The van der Waals surface area contributed by atoms with Crippen LogP contribution in [0.25, 0.3) is 22.5 Å². The highest BCUT2D eigenvalue weighted by atomic mass is 32.2. The molecule has 1 amide bonds. The quantitative estimate of drug-likeness (QED) is 0.338. The van der Waals surface area contributed by atoms with Gasteiger partial charge in [0.05, 0.1) is 46.5 Å². The number of aromatic nitrogens is 3. The van der Waals surface area contributed by atoms with Gasteiger partial charge < -0.3 is 9.73 Å². The van der Waals surface area contributed by atoms with Gasteiger partial charge in [-0.3, -0.25) is 4.79 Å². The Balaban J connectivity index is 1.48. The summed E-state index contributed by atoms with van der Waals surface area (Å²) in [5.74, 6) is 0.332. The molecule has 5 aromatic rings. The van der Waals surface area contributed by atoms with Crippen molar-refractivity contribution in [2.75, 3.05) is 11.5 Å². The highest BCUT2D eigenvalue weighted by Crippen LogP contribution is 2.33. The molecule has 4 heterocycles. The molecule has 1 N–H and O–H groups in total. The summed E-state index contributed by atoms with van der Waals surface area (Å²) in [5, 5.41) is 8.50. The predicted octanol–water partition coefficient (Wildman–Crippen LogP) is 4.88. The van der Waals surface area contributed by atoms with Crippen LogP contribution in [0.5, 0.6) is 0 Å². The predicted molar refractivity (Wildman–Crippen MR) is 144 cm³/mol. The molecule has 1 fully saturated rings. The summed E-state index contributed by atoms with van der Waals surface area (Å²) >= 11 is 0. The van der Waals surface area contributed by atoms with E-state index in [1.165, 1.54) is 0 Å². The van der Waals surface area contributed by atoms with E-state index in [1.54, 1.807) is 29.1 Å². The maximum absolute atomic E-state index is 14.0. The molecule has 0 bridgehead atoms. The van der Waals surface area contributed by atoms with Gasteiger partial charge in [0.2, 0.25) is 0 Å². The second kappa shape index (κ2) is 9.57. The molecule has 2 aromatic carbocycles. The van der Waals surface area contributed by atoms with Crippen molar-refractivity contribution in [1.82, 2.24) is 20.1 Å². The van der Waals surface area contributed by atoms with E-state index >= 15 is 0 Å². The first kappa shape index (κ1) is 24.1. The van der Waals surface area contributed by atoms with Gasteiger partial charge in [0, 0.05) is 0 Å². The van der Waals surface area contributed by atoms with Gasteiger partial charge in [0.25, 0.3) is 5.91 Å². The third kappa shape index (κ3) is 4.50. The maximum atomic E-state index is 14.0. The number of furan rings is 1. The second-order valence-electron chi connectivity index (χ2n) is 9.55. The fraction of sp³-hybridized carbons (Fsp3) is 0.207. The standard InChI is InChI=1S/C29H26N4O4S/c1-19-26-23(29(34)31-27(20-9-4-2-5-10-20)21-11-6-3-7-12-21)17-24(25-13-8-15-37-25)30-28(26)33(32-19)22-14-16-38(35,36)18-22/h2-13,15,17,22,27H,14,16,18H2,1H3,(H,31,34). The van der Waals surface area contributed by atoms with Crippen LogP contribution in [0.1, 0.15) is 45.7 Å². The van der Waals surface area contributed by atoms with Gasteiger partial charge in [0.1, 0.15) is 5.69 Å². The Hall–Kier alpha value is -4.24. The van der Waals surface area contributed by atoms with Crippen molar-refractivity contribution < 1.29 is 17.6 Å². The summed E-state index contributed by atoms with van der Waals surface area (Å²) in [4.78, 5) is 18.8. The van der Waals surface area contributed by atoms with Crippen molar-refractivity contribution in [2.24, 2.45) is 0 Å². The Bertz CT molecular complexity index is 1670. The Kier molecular flexibility index (Phi) is 6.07. The molecular formula is C29H26N4O4S. The van der Waals surface area contributed by atoms with E-state index in [0.717, 1.165) is 11.1 Å². The SMILES string of the molecule is Cc1nn(C2CCS(=O)(=O)C2)c2nc(-c3ccco3)cc(C(=O)NC(c3ccccc3)c3ccccc3)c12. The van der Waals surface area contributed by atoms with E-state index in [2.05, 4.69) is 10.4 Å². The van der Waals surface area contributed by atoms with E-state index in [-0.39, 0.29) is 29.5 Å². The molecule has 38 heavy (non-hydrogen) atoms. The lowest BCUT2D eigenvalue weighted by atomic mass is 9.98. The van der Waals surface area contributed by atoms with Gasteiger partial charge in [-0.15, -0.1) is 0 Å². The van der Waals surface area contributed by atoms with Gasteiger partial charge in [-0.05, 0) is 42.7 Å². The van der Waals surface area contributed by atoms with Gasteiger partial charge in [-0.25, -0.2) is 18.1 Å². The monoisotopic (exact) mass is 526 g/mol. The van der Waals surface area contributed by atoms with E-state index in [9.17, 15) is 13.2 Å². The molecule has 1 aliphatic heterocycles. The van der Waals surface area contributed by atoms with E-state index < -0.39 is 9.84 Å². The lowest BCUT2D eigenvalue weighted by Gasteiger charge is -2.20. The number of rotatable bonds is 6. The summed E-state index contributed by atoms with van der Waals surface area (Å²) in [6, 6.07) is 24.1. The number of carbonyl (C=O) groups is 1. The van der Waals surface area contributed by atoms with Crippen LogP contribution in [0.2, 0.25) is 0 Å². The molecule has 0 saturated carbocycles. The highest BCUT2D eigenvalue weighted by molar-refractivity contribution is 7.91. The maximum Gasteiger partial charge on any atom is 0.252 e. The molecular weight excluding hydrogens is 500 g/mol. The van der Waals surface area contributed by atoms with Crippen LogP contribution in [-0.2, 0) is 9.84 Å². The van der Waals surface area contributed by atoms with Crippen LogP contribution in [0.3, 0.4) is 0 Å². The van der Waals surface area contributed by atoms with E-state index in [0.29, 0.717) is 40.2 Å². The molecule has 1 aliphatic rings. The Labute approximate surface area is 220 Å². The van der Waals surface area contributed by atoms with Crippen LogP contribution >= 0.6 is 0 Å². The number of pyridine rings is 1. The van der Waals surface area contributed by atoms with Crippen LogP contribution in [0, 0.1) is 6.92 Å². The average molecular weight is 527 g/mol. The number of hydrogen-bond acceptors (Lipinski definition) is 6. The molecule has 1 saturated heterocycles. The first-order valence-corrected chi connectivity index (χ1v) is 14.3. The summed E-state index contributed by atoms with van der Waals surface area (Å²) in [7, 11) is -3.15. The molecule has 9 heteroatoms. The fourth-order valence-electron chi connectivity index (χ4n) is 5.12. The van der Waals surface area contributed by atoms with Crippen LogP contribution in [-0.4, -0.2) is 40.6 Å². The Morgan fingerprint density at radius 2 is 1.71 bits per heavy atom. The van der Waals surface area contributed by atoms with Crippen LogP contribution < -0.4 is 5.32 Å². The van der Waals surface area contributed by atoms with E-state index in [1.807, 2.05) is 67.6 Å². The van der Waals surface area contributed by atoms with Crippen molar-refractivity contribution in [2.45, 2.75) is 25.4 Å². The minimum Gasteiger partial charge on any atom is -0.463 e. The number of carbonyl (C=O) groups excluding carboxylic acids is 1. The van der Waals surface area contributed by atoms with Crippen molar-refractivity contribution in [1.29, 1.82) is 0 Å². The van der Waals surface area contributed by atoms with Crippen LogP contribution in [0.15, 0.2) is 89.5 Å². The Morgan fingerprint density at radius 1 is 1.03 bits per heavy atom. The van der Waals surface area contributed by atoms with Crippen molar-refractivity contribution in [3.8, 4) is 11.5 Å². The first-order chi connectivity index (χ1) is 18.4. The summed E-state index contributed by atoms with van der Waals surface area (Å²) in [6.45, 7) is 1.82. The third-order valence-electron chi connectivity index (χ3n) is 6.95. The molecule has 0 radical (unpaired) electrons. The first-order valence-electron chi connectivity index (χ1n) is 12.4. The zero-order chi connectivity index (χ0) is 26.3. The number of benzene rings is 2. The smallest absolute Gasteiger partial charge is 0.252 e. The number of fused-ring (bicyclic) bond motifs is 1. The minimum absolute atomic E-state index is 0.00149. The molecule has 8 nitrogen and oxygen atoms in total. The van der Waals surface area contributed by atoms with Gasteiger partial charge in [0.15, 0.2) is 21.2 Å². The normalized spacial score (nSPS) is 16.7. The van der Waals surface area contributed by atoms with Gasteiger partial charge >= 0.3 is 0 Å². The second-order valence-corrected chi connectivity index (χ2v) is 11.8. The third-order valence-corrected chi connectivity index (χ3v) is 8.70. The van der Waals surface area contributed by atoms with Crippen molar-refractivity contribution >= 4 is 26.8 Å². The average Bonchev–Trinajstić information content (AvgIpc) is 3.67. The number of nitrogens with one attached hydrogen (secondary N) is 1.